The number of hydrogen-bond acceptors (Lipinski definition) is 3. The Bertz CT molecular complexity index is 848. The van der Waals surface area contributed by atoms with Crippen molar-refractivity contribution in [1.29, 1.82) is 0 Å². The standard InChI is InChI=1S/C16H17ClN2O3S/c1-11-8-9-12(10-15(11)23(21,22)19(2)3)18-16(20)13-6-4-5-7-14(13)17/h4-10H,1-3H3,(H,18,20). The van der Waals surface area contributed by atoms with E-state index in [0.717, 1.165) is 4.31 Å². The highest BCUT2D eigenvalue weighted by atomic mass is 35.5. The highest BCUT2D eigenvalue weighted by Crippen LogP contribution is 2.23. The van der Waals surface area contributed by atoms with Gasteiger partial charge < -0.3 is 5.32 Å². The Kier molecular flexibility index (Phi) is 5.09. The van der Waals surface area contributed by atoms with Gasteiger partial charge in [-0.1, -0.05) is 29.8 Å². The quantitative estimate of drug-likeness (QED) is 0.919. The van der Waals surface area contributed by atoms with Crippen LogP contribution in [0.2, 0.25) is 5.02 Å². The minimum Gasteiger partial charge on any atom is -0.322 e. The molecule has 0 unspecified atom stereocenters. The first-order chi connectivity index (χ1) is 10.7. The molecule has 0 bridgehead atoms. The number of rotatable bonds is 4. The van der Waals surface area contributed by atoms with Crippen LogP contribution in [-0.2, 0) is 10.0 Å². The molecule has 5 nitrogen and oxygen atoms in total. The van der Waals surface area contributed by atoms with Gasteiger partial charge in [0.2, 0.25) is 10.0 Å². The van der Waals surface area contributed by atoms with Gasteiger partial charge in [0.25, 0.3) is 5.91 Å². The van der Waals surface area contributed by atoms with Crippen LogP contribution in [0.15, 0.2) is 47.4 Å². The van der Waals surface area contributed by atoms with E-state index < -0.39 is 15.9 Å². The summed E-state index contributed by atoms with van der Waals surface area (Å²) in [6.45, 7) is 1.70. The molecule has 0 aromatic heterocycles. The number of amides is 1. The second-order valence-corrected chi connectivity index (χ2v) is 7.73. The minimum absolute atomic E-state index is 0.152. The number of hydrogen-bond donors (Lipinski definition) is 1. The monoisotopic (exact) mass is 352 g/mol. The predicted molar refractivity (Wildman–Crippen MR) is 91.5 cm³/mol. The number of halogens is 1. The summed E-state index contributed by atoms with van der Waals surface area (Å²) in [6, 6.07) is 11.4. The highest BCUT2D eigenvalue weighted by molar-refractivity contribution is 7.89. The number of sulfonamides is 1. The second kappa shape index (κ2) is 6.70. The molecule has 2 aromatic rings. The van der Waals surface area contributed by atoms with Crippen LogP contribution in [0.3, 0.4) is 0 Å². The Labute approximate surface area is 140 Å². The number of benzene rings is 2. The second-order valence-electron chi connectivity index (χ2n) is 5.20. The summed E-state index contributed by atoms with van der Waals surface area (Å²) in [5, 5.41) is 3.00. The number of aryl methyl sites for hydroxylation is 1. The lowest BCUT2D eigenvalue weighted by Gasteiger charge is -2.15. The van der Waals surface area contributed by atoms with Crippen molar-refractivity contribution >= 4 is 33.2 Å². The number of nitrogens with one attached hydrogen (secondary N) is 1. The minimum atomic E-state index is -3.58. The Hall–Kier alpha value is -1.89. The number of anilines is 1. The molecule has 1 amide bonds. The molecule has 7 heteroatoms. The summed E-state index contributed by atoms with van der Waals surface area (Å²) in [5.74, 6) is -0.396. The van der Waals surface area contributed by atoms with Crippen LogP contribution in [0.25, 0.3) is 0 Å². The van der Waals surface area contributed by atoms with Crippen LogP contribution < -0.4 is 5.32 Å². The van der Waals surface area contributed by atoms with Gasteiger partial charge in [-0.2, -0.15) is 0 Å². The summed E-state index contributed by atoms with van der Waals surface area (Å²) >= 11 is 5.99. The molecule has 2 rings (SSSR count). The molecule has 2 aromatic carbocycles. The van der Waals surface area contributed by atoms with Gasteiger partial charge in [-0.25, -0.2) is 12.7 Å². The molecule has 0 radical (unpaired) electrons. The number of carbonyl (C=O) groups excluding carboxylic acids is 1. The summed E-state index contributed by atoms with van der Waals surface area (Å²) < 4.78 is 25.7. The molecule has 0 heterocycles. The van der Waals surface area contributed by atoms with E-state index in [-0.39, 0.29) is 4.90 Å². The molecule has 122 valence electrons. The van der Waals surface area contributed by atoms with Gasteiger partial charge >= 0.3 is 0 Å². The lowest BCUT2D eigenvalue weighted by atomic mass is 10.2. The van der Waals surface area contributed by atoms with E-state index in [1.807, 2.05) is 0 Å². The molecule has 0 atom stereocenters. The van der Waals surface area contributed by atoms with Gasteiger partial charge in [0.15, 0.2) is 0 Å². The number of carbonyl (C=O) groups is 1. The SMILES string of the molecule is Cc1ccc(NC(=O)c2ccccc2Cl)cc1S(=O)(=O)N(C)C. The lowest BCUT2D eigenvalue weighted by molar-refractivity contribution is 0.102. The van der Waals surface area contributed by atoms with E-state index in [1.165, 1.54) is 20.2 Å². The Morgan fingerprint density at radius 3 is 2.39 bits per heavy atom. The third kappa shape index (κ3) is 3.72. The fourth-order valence-corrected chi connectivity index (χ4v) is 3.36. The van der Waals surface area contributed by atoms with E-state index in [0.29, 0.717) is 21.8 Å². The van der Waals surface area contributed by atoms with E-state index in [9.17, 15) is 13.2 Å². The fourth-order valence-electron chi connectivity index (χ4n) is 2.00. The zero-order valence-corrected chi connectivity index (χ0v) is 14.6. The van der Waals surface area contributed by atoms with Crippen LogP contribution in [0, 0.1) is 6.92 Å². The lowest BCUT2D eigenvalue weighted by Crippen LogP contribution is -2.23. The average molecular weight is 353 g/mol. The van der Waals surface area contributed by atoms with E-state index in [4.69, 9.17) is 11.6 Å². The average Bonchev–Trinajstić information content (AvgIpc) is 2.49. The molecule has 0 saturated heterocycles. The smallest absolute Gasteiger partial charge is 0.257 e. The Morgan fingerprint density at radius 1 is 1.13 bits per heavy atom. The fraction of sp³-hybridized carbons (Fsp3) is 0.188. The molecule has 0 aliphatic carbocycles. The van der Waals surface area contributed by atoms with Gasteiger partial charge in [0.1, 0.15) is 0 Å². The van der Waals surface area contributed by atoms with Crippen LogP contribution in [0.5, 0.6) is 0 Å². The molecular weight excluding hydrogens is 336 g/mol. The van der Waals surface area contributed by atoms with Crippen LogP contribution in [0.4, 0.5) is 5.69 Å². The zero-order chi connectivity index (χ0) is 17.2. The third-order valence-corrected chi connectivity index (χ3v) is 5.61. The van der Waals surface area contributed by atoms with Gasteiger partial charge in [0, 0.05) is 19.8 Å². The maximum atomic E-state index is 12.3. The zero-order valence-electron chi connectivity index (χ0n) is 13.0. The molecular formula is C16H17ClN2O3S. The van der Waals surface area contributed by atoms with Crippen LogP contribution >= 0.6 is 11.6 Å². The maximum absolute atomic E-state index is 12.3. The molecule has 1 N–H and O–H groups in total. The van der Waals surface area contributed by atoms with Crippen LogP contribution in [0.1, 0.15) is 15.9 Å². The van der Waals surface area contributed by atoms with Crippen LogP contribution in [-0.4, -0.2) is 32.7 Å². The first-order valence-corrected chi connectivity index (χ1v) is 8.64. The van der Waals surface area contributed by atoms with Crippen molar-refractivity contribution in [2.24, 2.45) is 0 Å². The Balaban J connectivity index is 2.36. The first kappa shape index (κ1) is 17.5. The molecule has 0 aliphatic heterocycles. The normalized spacial score (nSPS) is 11.5. The molecule has 23 heavy (non-hydrogen) atoms. The van der Waals surface area contributed by atoms with Crippen molar-refractivity contribution in [2.45, 2.75) is 11.8 Å². The largest absolute Gasteiger partial charge is 0.322 e. The molecule has 0 spiro atoms. The number of nitrogens with zero attached hydrogens (tertiary/aromatic N) is 1. The van der Waals surface area contributed by atoms with E-state index >= 15 is 0 Å². The van der Waals surface area contributed by atoms with Crippen molar-refractivity contribution in [3.63, 3.8) is 0 Å². The van der Waals surface area contributed by atoms with Gasteiger partial charge in [0.05, 0.1) is 15.5 Å². The topological polar surface area (TPSA) is 66.5 Å². The first-order valence-electron chi connectivity index (χ1n) is 6.82. The van der Waals surface area contributed by atoms with Crippen molar-refractivity contribution in [1.82, 2.24) is 4.31 Å². The molecule has 0 aliphatic rings. The predicted octanol–water partition coefficient (Wildman–Crippen LogP) is 3.15. The van der Waals surface area contributed by atoms with Gasteiger partial charge in [-0.05, 0) is 36.8 Å². The summed E-state index contributed by atoms with van der Waals surface area (Å²) in [4.78, 5) is 12.4. The summed E-state index contributed by atoms with van der Waals surface area (Å²) in [6.07, 6.45) is 0. The third-order valence-electron chi connectivity index (χ3n) is 3.32. The van der Waals surface area contributed by atoms with Crippen molar-refractivity contribution in [2.75, 3.05) is 19.4 Å². The van der Waals surface area contributed by atoms with Gasteiger partial charge in [-0.15, -0.1) is 0 Å². The summed E-state index contributed by atoms with van der Waals surface area (Å²) in [7, 11) is -0.659. The summed E-state index contributed by atoms with van der Waals surface area (Å²) in [5.41, 5.74) is 1.32. The highest BCUT2D eigenvalue weighted by Gasteiger charge is 2.20. The molecule has 0 fully saturated rings. The van der Waals surface area contributed by atoms with E-state index in [2.05, 4.69) is 5.32 Å². The maximum Gasteiger partial charge on any atom is 0.257 e. The molecule has 0 saturated carbocycles. The van der Waals surface area contributed by atoms with E-state index in [1.54, 1.807) is 43.3 Å². The van der Waals surface area contributed by atoms with Gasteiger partial charge in [-0.3, -0.25) is 4.79 Å². The van der Waals surface area contributed by atoms with Crippen molar-refractivity contribution in [3.8, 4) is 0 Å². The van der Waals surface area contributed by atoms with Crippen molar-refractivity contribution < 1.29 is 13.2 Å². The Morgan fingerprint density at radius 2 is 1.78 bits per heavy atom. The van der Waals surface area contributed by atoms with Crippen molar-refractivity contribution in [3.05, 3.63) is 58.6 Å².